The molecule has 1 aromatic carbocycles. The second-order valence-corrected chi connectivity index (χ2v) is 8.31. The van der Waals surface area contributed by atoms with E-state index < -0.39 is 0 Å². The number of benzene rings is 1. The monoisotopic (exact) mass is 378 g/mol. The lowest BCUT2D eigenvalue weighted by atomic mass is 10.1. The first-order chi connectivity index (χ1) is 11.7. The third-order valence-electron chi connectivity index (χ3n) is 3.46. The number of likely N-dealkylation sites (N-methyl/N-ethyl adjacent to an activating group) is 1. The lowest BCUT2D eigenvalue weighted by molar-refractivity contribution is -0.123. The molecular formula is C19H23ClN2O2S. The number of carbonyl (C=O) groups excluding carboxylic acids is 2. The van der Waals surface area contributed by atoms with Crippen LogP contribution in [-0.4, -0.2) is 35.3 Å². The Labute approximate surface area is 157 Å². The van der Waals surface area contributed by atoms with Gasteiger partial charge in [0.15, 0.2) is 0 Å². The molecule has 0 aliphatic rings. The minimum Gasteiger partial charge on any atom is -0.350 e. The summed E-state index contributed by atoms with van der Waals surface area (Å²) in [6.07, 6.45) is 0. The number of hydrogen-bond donors (Lipinski definition) is 1. The highest BCUT2D eigenvalue weighted by molar-refractivity contribution is 7.17. The Bertz CT molecular complexity index is 748. The molecule has 1 heterocycles. The van der Waals surface area contributed by atoms with Crippen molar-refractivity contribution in [2.24, 2.45) is 0 Å². The van der Waals surface area contributed by atoms with E-state index in [9.17, 15) is 9.59 Å². The third kappa shape index (κ3) is 5.58. The minimum absolute atomic E-state index is 0.0563. The summed E-state index contributed by atoms with van der Waals surface area (Å²) in [5, 5.41) is 3.56. The van der Waals surface area contributed by atoms with Gasteiger partial charge in [-0.2, -0.15) is 0 Å². The van der Waals surface area contributed by atoms with Crippen LogP contribution in [0.3, 0.4) is 0 Å². The van der Waals surface area contributed by atoms with E-state index >= 15 is 0 Å². The van der Waals surface area contributed by atoms with Gasteiger partial charge in [0.1, 0.15) is 0 Å². The van der Waals surface area contributed by atoms with Crippen LogP contribution in [0.4, 0.5) is 0 Å². The molecule has 0 saturated carbocycles. The zero-order chi connectivity index (χ0) is 18.6. The fourth-order valence-electron chi connectivity index (χ4n) is 2.34. The largest absolute Gasteiger partial charge is 0.350 e. The smallest absolute Gasteiger partial charge is 0.264 e. The molecule has 0 fully saturated rings. The Balaban J connectivity index is 2.10. The standard InChI is InChI=1S/C19H23ClN2O2S/c1-5-22(12-17(23)21-19(2,3)4)18(24)16-11-10-15(25-16)13-6-8-14(20)9-7-13/h6-11H,5,12H2,1-4H3,(H,21,23). The van der Waals surface area contributed by atoms with Gasteiger partial charge in [-0.05, 0) is 57.5 Å². The van der Waals surface area contributed by atoms with E-state index in [0.29, 0.717) is 16.4 Å². The molecule has 6 heteroatoms. The average molecular weight is 379 g/mol. The van der Waals surface area contributed by atoms with Gasteiger partial charge >= 0.3 is 0 Å². The van der Waals surface area contributed by atoms with Crippen molar-refractivity contribution in [2.75, 3.05) is 13.1 Å². The van der Waals surface area contributed by atoms with E-state index in [4.69, 9.17) is 11.6 Å². The van der Waals surface area contributed by atoms with Crippen molar-refractivity contribution in [1.29, 1.82) is 0 Å². The second-order valence-electron chi connectivity index (χ2n) is 6.79. The first kappa shape index (κ1) is 19.5. The molecule has 0 aliphatic heterocycles. The van der Waals surface area contributed by atoms with Crippen LogP contribution >= 0.6 is 22.9 Å². The van der Waals surface area contributed by atoms with E-state index in [-0.39, 0.29) is 23.9 Å². The van der Waals surface area contributed by atoms with Gasteiger partial charge < -0.3 is 10.2 Å². The SMILES string of the molecule is CCN(CC(=O)NC(C)(C)C)C(=O)c1ccc(-c2ccc(Cl)cc2)s1. The molecular weight excluding hydrogens is 356 g/mol. The molecule has 2 amide bonds. The zero-order valence-electron chi connectivity index (χ0n) is 14.9. The fourth-order valence-corrected chi connectivity index (χ4v) is 3.44. The highest BCUT2D eigenvalue weighted by Crippen LogP contribution is 2.29. The Kier molecular flexibility index (Phi) is 6.25. The van der Waals surface area contributed by atoms with Crippen molar-refractivity contribution in [3.63, 3.8) is 0 Å². The first-order valence-electron chi connectivity index (χ1n) is 8.15. The minimum atomic E-state index is -0.315. The number of nitrogens with zero attached hydrogens (tertiary/aromatic N) is 1. The van der Waals surface area contributed by atoms with Crippen LogP contribution in [0.2, 0.25) is 5.02 Å². The number of halogens is 1. The summed E-state index contributed by atoms with van der Waals surface area (Å²) in [6, 6.07) is 11.2. The van der Waals surface area contributed by atoms with Crippen LogP contribution < -0.4 is 5.32 Å². The van der Waals surface area contributed by atoms with Crippen molar-refractivity contribution in [3.05, 3.63) is 46.3 Å². The molecule has 0 saturated heterocycles. The molecule has 2 rings (SSSR count). The number of amides is 2. The van der Waals surface area contributed by atoms with Gasteiger partial charge in [0.25, 0.3) is 5.91 Å². The molecule has 0 bridgehead atoms. The molecule has 1 aromatic heterocycles. The lowest BCUT2D eigenvalue weighted by Gasteiger charge is -2.24. The second kappa shape index (κ2) is 8.02. The normalized spacial score (nSPS) is 11.2. The van der Waals surface area contributed by atoms with Gasteiger partial charge in [0.2, 0.25) is 5.91 Å². The maximum absolute atomic E-state index is 12.7. The Morgan fingerprint density at radius 1 is 1.12 bits per heavy atom. The van der Waals surface area contributed by atoms with E-state index in [1.807, 2.05) is 58.0 Å². The summed E-state index contributed by atoms with van der Waals surface area (Å²) in [4.78, 5) is 28.0. The van der Waals surface area contributed by atoms with Crippen LogP contribution in [0, 0.1) is 0 Å². The number of rotatable bonds is 5. The third-order valence-corrected chi connectivity index (χ3v) is 4.84. The lowest BCUT2D eigenvalue weighted by Crippen LogP contribution is -2.47. The van der Waals surface area contributed by atoms with Crippen molar-refractivity contribution in [1.82, 2.24) is 10.2 Å². The predicted molar refractivity (Wildman–Crippen MR) is 104 cm³/mol. The Hall–Kier alpha value is -1.85. The van der Waals surface area contributed by atoms with Crippen molar-refractivity contribution in [2.45, 2.75) is 33.2 Å². The molecule has 0 spiro atoms. The van der Waals surface area contributed by atoms with Crippen LogP contribution in [0.15, 0.2) is 36.4 Å². The topological polar surface area (TPSA) is 49.4 Å². The summed E-state index contributed by atoms with van der Waals surface area (Å²) in [5.74, 6) is -0.283. The van der Waals surface area contributed by atoms with Gasteiger partial charge in [0.05, 0.1) is 11.4 Å². The summed E-state index contributed by atoms with van der Waals surface area (Å²) in [6.45, 7) is 8.16. The van der Waals surface area contributed by atoms with E-state index in [1.54, 1.807) is 11.0 Å². The summed E-state index contributed by atoms with van der Waals surface area (Å²) in [5.41, 5.74) is 0.700. The van der Waals surface area contributed by atoms with Gasteiger partial charge in [-0.3, -0.25) is 9.59 Å². The average Bonchev–Trinajstić information content (AvgIpc) is 3.01. The maximum Gasteiger partial charge on any atom is 0.264 e. The van der Waals surface area contributed by atoms with Crippen LogP contribution in [-0.2, 0) is 4.79 Å². The number of carbonyl (C=O) groups is 2. The van der Waals surface area contributed by atoms with Crippen LogP contribution in [0.1, 0.15) is 37.4 Å². The van der Waals surface area contributed by atoms with E-state index in [1.165, 1.54) is 11.3 Å². The fraction of sp³-hybridized carbons (Fsp3) is 0.368. The zero-order valence-corrected chi connectivity index (χ0v) is 16.5. The first-order valence-corrected chi connectivity index (χ1v) is 9.35. The number of nitrogens with one attached hydrogen (secondary N) is 1. The molecule has 4 nitrogen and oxygen atoms in total. The van der Waals surface area contributed by atoms with E-state index in [0.717, 1.165) is 10.4 Å². The number of thiophene rings is 1. The van der Waals surface area contributed by atoms with E-state index in [2.05, 4.69) is 5.32 Å². The molecule has 1 N–H and O–H groups in total. The quantitative estimate of drug-likeness (QED) is 0.835. The molecule has 0 unspecified atom stereocenters. The highest BCUT2D eigenvalue weighted by Gasteiger charge is 2.21. The van der Waals surface area contributed by atoms with Gasteiger partial charge in [-0.25, -0.2) is 0 Å². The highest BCUT2D eigenvalue weighted by atomic mass is 35.5. The van der Waals surface area contributed by atoms with Gasteiger partial charge in [-0.15, -0.1) is 11.3 Å². The van der Waals surface area contributed by atoms with Gasteiger partial charge in [0, 0.05) is 22.0 Å². The number of hydrogen-bond acceptors (Lipinski definition) is 3. The van der Waals surface area contributed by atoms with Crippen LogP contribution in [0.25, 0.3) is 10.4 Å². The molecule has 134 valence electrons. The molecule has 0 atom stereocenters. The molecule has 0 aliphatic carbocycles. The summed E-state index contributed by atoms with van der Waals surface area (Å²) in [7, 11) is 0. The predicted octanol–water partition coefficient (Wildman–Crippen LogP) is 4.45. The molecule has 0 radical (unpaired) electrons. The summed E-state index contributed by atoms with van der Waals surface area (Å²) >= 11 is 7.33. The summed E-state index contributed by atoms with van der Waals surface area (Å²) < 4.78 is 0. The Morgan fingerprint density at radius 2 is 1.76 bits per heavy atom. The van der Waals surface area contributed by atoms with Crippen LogP contribution in [0.5, 0.6) is 0 Å². The van der Waals surface area contributed by atoms with Crippen molar-refractivity contribution < 1.29 is 9.59 Å². The molecule has 2 aromatic rings. The van der Waals surface area contributed by atoms with Crippen molar-refractivity contribution >= 4 is 34.8 Å². The van der Waals surface area contributed by atoms with Gasteiger partial charge in [-0.1, -0.05) is 23.7 Å². The Morgan fingerprint density at radius 3 is 2.32 bits per heavy atom. The maximum atomic E-state index is 12.7. The van der Waals surface area contributed by atoms with Crippen molar-refractivity contribution in [3.8, 4) is 10.4 Å². The molecule has 25 heavy (non-hydrogen) atoms.